The summed E-state index contributed by atoms with van der Waals surface area (Å²) in [6, 6.07) is 17.8. The molecular formula is C26H32N4O2. The van der Waals surface area contributed by atoms with Crippen LogP contribution in [0.4, 0.5) is 0 Å². The van der Waals surface area contributed by atoms with Crippen LogP contribution in [-0.4, -0.2) is 61.7 Å². The number of rotatable bonds is 8. The van der Waals surface area contributed by atoms with Gasteiger partial charge in [-0.25, -0.2) is 0 Å². The molecule has 0 spiro atoms. The van der Waals surface area contributed by atoms with E-state index in [9.17, 15) is 4.79 Å². The first kappa shape index (κ1) is 22.3. The van der Waals surface area contributed by atoms with Crippen LogP contribution in [0.15, 0.2) is 48.5 Å². The third-order valence-electron chi connectivity index (χ3n) is 6.59. The number of nitriles is 1. The molecule has 6 heteroatoms. The number of nitrogens with one attached hydrogen (secondary N) is 1. The fraction of sp³-hybridized carbons (Fsp3) is 0.462. The van der Waals surface area contributed by atoms with E-state index in [1.54, 1.807) is 0 Å². The second kappa shape index (κ2) is 10.6. The minimum absolute atomic E-state index is 0.137. The van der Waals surface area contributed by atoms with Crippen LogP contribution in [0.5, 0.6) is 5.75 Å². The largest absolute Gasteiger partial charge is 0.494 e. The first-order valence-electron chi connectivity index (χ1n) is 11.6. The lowest BCUT2D eigenvalue weighted by Crippen LogP contribution is -2.48. The van der Waals surface area contributed by atoms with E-state index in [1.165, 1.54) is 0 Å². The number of hydrogen-bond acceptors (Lipinski definition) is 5. The van der Waals surface area contributed by atoms with Gasteiger partial charge >= 0.3 is 0 Å². The maximum Gasteiger partial charge on any atom is 0.228 e. The Balaban J connectivity index is 1.23. The number of amides is 1. The monoisotopic (exact) mass is 432 g/mol. The minimum atomic E-state index is 0.137. The van der Waals surface area contributed by atoms with Gasteiger partial charge in [0.2, 0.25) is 5.91 Å². The van der Waals surface area contributed by atoms with Gasteiger partial charge in [-0.3, -0.25) is 9.69 Å². The van der Waals surface area contributed by atoms with Crippen LogP contribution in [0, 0.1) is 17.2 Å². The molecule has 2 aromatic rings. The fourth-order valence-electron chi connectivity index (χ4n) is 4.75. The van der Waals surface area contributed by atoms with E-state index < -0.39 is 0 Å². The first-order valence-corrected chi connectivity index (χ1v) is 11.6. The van der Waals surface area contributed by atoms with Crippen molar-refractivity contribution in [3.63, 3.8) is 0 Å². The van der Waals surface area contributed by atoms with E-state index in [4.69, 9.17) is 10.00 Å². The van der Waals surface area contributed by atoms with E-state index >= 15 is 0 Å². The van der Waals surface area contributed by atoms with Crippen molar-refractivity contribution >= 4 is 5.91 Å². The van der Waals surface area contributed by atoms with Crippen LogP contribution < -0.4 is 10.1 Å². The highest BCUT2D eigenvalue weighted by molar-refractivity contribution is 5.79. The summed E-state index contributed by atoms with van der Waals surface area (Å²) in [7, 11) is 1.97. The third kappa shape index (κ3) is 5.29. The molecule has 168 valence electrons. The number of likely N-dealkylation sites (tertiary alicyclic amines) is 1. The van der Waals surface area contributed by atoms with Crippen LogP contribution >= 0.6 is 0 Å². The molecule has 0 aromatic heterocycles. The highest BCUT2D eigenvalue weighted by Crippen LogP contribution is 2.24. The average molecular weight is 433 g/mol. The summed E-state index contributed by atoms with van der Waals surface area (Å²) in [5, 5.41) is 12.2. The lowest BCUT2D eigenvalue weighted by atomic mass is 10.0. The number of carbonyl (C=O) groups excluding carboxylic acids is 1. The van der Waals surface area contributed by atoms with Gasteiger partial charge in [-0.05, 0) is 67.6 Å². The van der Waals surface area contributed by atoms with Gasteiger partial charge in [-0.1, -0.05) is 24.3 Å². The van der Waals surface area contributed by atoms with Gasteiger partial charge in [0, 0.05) is 26.7 Å². The third-order valence-corrected chi connectivity index (χ3v) is 6.59. The Kier molecular flexibility index (Phi) is 7.41. The Morgan fingerprint density at radius 1 is 1.16 bits per heavy atom. The highest BCUT2D eigenvalue weighted by Gasteiger charge is 2.34. The number of hydrogen-bond donors (Lipinski definition) is 1. The highest BCUT2D eigenvalue weighted by atomic mass is 16.5. The Labute approximate surface area is 190 Å². The molecule has 0 bridgehead atoms. The molecule has 32 heavy (non-hydrogen) atoms. The smallest absolute Gasteiger partial charge is 0.228 e. The first-order chi connectivity index (χ1) is 15.7. The second-order valence-corrected chi connectivity index (χ2v) is 8.71. The van der Waals surface area contributed by atoms with Crippen LogP contribution in [0.1, 0.15) is 31.2 Å². The van der Waals surface area contributed by atoms with E-state index in [0.717, 1.165) is 68.7 Å². The summed E-state index contributed by atoms with van der Waals surface area (Å²) >= 11 is 0. The Bertz CT molecular complexity index is 930. The molecule has 0 aliphatic carbocycles. The van der Waals surface area contributed by atoms with Gasteiger partial charge in [0.25, 0.3) is 0 Å². The molecule has 0 saturated carbocycles. The SMILES string of the molecule is CN(C(=O)C1CCNC1)C1CCCN1CCCOc1ccc(-c2ccc(C#N)cc2)cc1. The molecule has 2 heterocycles. The van der Waals surface area contributed by atoms with Crippen molar-refractivity contribution in [3.05, 3.63) is 54.1 Å². The van der Waals surface area contributed by atoms with E-state index in [-0.39, 0.29) is 18.0 Å². The maximum absolute atomic E-state index is 12.8. The number of ether oxygens (including phenoxy) is 1. The van der Waals surface area contributed by atoms with Gasteiger partial charge in [0.1, 0.15) is 5.75 Å². The molecule has 1 amide bonds. The lowest BCUT2D eigenvalue weighted by Gasteiger charge is -2.34. The molecule has 2 fully saturated rings. The van der Waals surface area contributed by atoms with Crippen molar-refractivity contribution in [2.24, 2.45) is 5.92 Å². The molecule has 2 aromatic carbocycles. The molecule has 2 saturated heterocycles. The van der Waals surface area contributed by atoms with Crippen molar-refractivity contribution in [2.75, 3.05) is 39.8 Å². The zero-order chi connectivity index (χ0) is 22.3. The number of carbonyl (C=O) groups is 1. The molecule has 6 nitrogen and oxygen atoms in total. The predicted molar refractivity (Wildman–Crippen MR) is 125 cm³/mol. The number of benzene rings is 2. The Morgan fingerprint density at radius 2 is 1.88 bits per heavy atom. The average Bonchev–Trinajstić information content (AvgIpc) is 3.54. The lowest BCUT2D eigenvalue weighted by molar-refractivity contribution is -0.138. The van der Waals surface area contributed by atoms with E-state index in [1.807, 2.05) is 60.5 Å². The van der Waals surface area contributed by atoms with Crippen LogP contribution in [0.3, 0.4) is 0 Å². The Morgan fingerprint density at radius 3 is 2.53 bits per heavy atom. The van der Waals surface area contributed by atoms with Crippen molar-refractivity contribution in [1.82, 2.24) is 15.1 Å². The summed E-state index contributed by atoms with van der Waals surface area (Å²) in [4.78, 5) is 17.2. The van der Waals surface area contributed by atoms with Gasteiger partial charge in [0.15, 0.2) is 0 Å². The molecule has 2 unspecified atom stereocenters. The summed E-state index contributed by atoms with van der Waals surface area (Å²) in [6.07, 6.45) is 4.30. The van der Waals surface area contributed by atoms with Crippen molar-refractivity contribution < 1.29 is 9.53 Å². The van der Waals surface area contributed by atoms with Gasteiger partial charge in [-0.15, -0.1) is 0 Å². The normalized spacial score (nSPS) is 20.8. The van der Waals surface area contributed by atoms with Crippen LogP contribution in [-0.2, 0) is 4.79 Å². The predicted octanol–water partition coefficient (Wildman–Crippen LogP) is 3.48. The van der Waals surface area contributed by atoms with E-state index in [2.05, 4.69) is 16.3 Å². The second-order valence-electron chi connectivity index (χ2n) is 8.71. The molecule has 2 aliphatic rings. The van der Waals surface area contributed by atoms with Crippen molar-refractivity contribution in [2.45, 2.75) is 31.8 Å². The molecule has 1 N–H and O–H groups in total. The van der Waals surface area contributed by atoms with Gasteiger partial charge in [0.05, 0.1) is 30.3 Å². The van der Waals surface area contributed by atoms with Crippen LogP contribution in [0.2, 0.25) is 0 Å². The summed E-state index contributed by atoms with van der Waals surface area (Å²) in [5.41, 5.74) is 2.86. The minimum Gasteiger partial charge on any atom is -0.494 e. The summed E-state index contributed by atoms with van der Waals surface area (Å²) in [6.45, 7) is 4.40. The molecule has 2 aliphatic heterocycles. The standard InChI is InChI=1S/C26H32N4O2/c1-29(26(31)23-13-14-28-19-23)25-4-2-15-30(25)16-3-17-32-24-11-9-22(10-12-24)21-7-5-20(18-27)6-8-21/h5-12,23,25,28H,2-4,13-17,19H2,1H3. The van der Waals surface area contributed by atoms with Crippen LogP contribution in [0.25, 0.3) is 11.1 Å². The molecule has 0 radical (unpaired) electrons. The quantitative estimate of drug-likeness (QED) is 0.647. The topological polar surface area (TPSA) is 68.6 Å². The Hall–Kier alpha value is -2.88. The fourth-order valence-corrected chi connectivity index (χ4v) is 4.75. The maximum atomic E-state index is 12.8. The molecular weight excluding hydrogens is 400 g/mol. The summed E-state index contributed by atoms with van der Waals surface area (Å²) in [5.74, 6) is 1.28. The van der Waals surface area contributed by atoms with Gasteiger partial charge < -0.3 is 15.0 Å². The van der Waals surface area contributed by atoms with Gasteiger partial charge in [-0.2, -0.15) is 5.26 Å². The molecule has 4 rings (SSSR count). The summed E-state index contributed by atoms with van der Waals surface area (Å²) < 4.78 is 5.96. The van der Waals surface area contributed by atoms with Crippen molar-refractivity contribution in [1.29, 1.82) is 5.26 Å². The zero-order valence-corrected chi connectivity index (χ0v) is 18.8. The van der Waals surface area contributed by atoms with Crippen molar-refractivity contribution in [3.8, 4) is 22.9 Å². The van der Waals surface area contributed by atoms with E-state index in [0.29, 0.717) is 12.2 Å². The zero-order valence-electron chi connectivity index (χ0n) is 18.8. The molecule has 2 atom stereocenters. The number of nitrogens with zero attached hydrogens (tertiary/aromatic N) is 3.